The van der Waals surface area contributed by atoms with Gasteiger partial charge in [-0.05, 0) is 17.0 Å². The number of hydrogen-bond acceptors (Lipinski definition) is 0. The largest absolute Gasteiger partial charge is 0.122 e. The van der Waals surface area contributed by atoms with Crippen LogP contribution in [0.1, 0.15) is 58.6 Å². The van der Waals surface area contributed by atoms with Crippen molar-refractivity contribution < 1.29 is 0 Å². The molecule has 88 valence electrons. The van der Waals surface area contributed by atoms with E-state index in [1.54, 1.807) is 0 Å². The zero-order valence-corrected chi connectivity index (χ0v) is 11.7. The molecule has 0 aromatic heterocycles. The smallest absolute Gasteiger partial charge is 0.0474 e. The molecule has 0 aliphatic rings. The lowest BCUT2D eigenvalue weighted by atomic mass is 10.0. The van der Waals surface area contributed by atoms with Crippen LogP contribution in [0.4, 0.5) is 0 Å². The molecule has 0 aliphatic heterocycles. The van der Waals surface area contributed by atoms with E-state index >= 15 is 0 Å². The lowest BCUT2D eigenvalue weighted by Crippen LogP contribution is -1.86. The van der Waals surface area contributed by atoms with Crippen LogP contribution >= 0.6 is 11.6 Å². The third-order valence-electron chi connectivity index (χ3n) is 1.80. The highest BCUT2D eigenvalue weighted by atomic mass is 35.5. The Bertz CT molecular complexity index is 211. The highest BCUT2D eigenvalue weighted by Crippen LogP contribution is 2.15. The molecule has 0 atom stereocenters. The first-order valence-corrected chi connectivity index (χ1v) is 6.42. The van der Waals surface area contributed by atoms with Gasteiger partial charge in [-0.25, -0.2) is 0 Å². The fourth-order valence-electron chi connectivity index (χ4n) is 0.992. The summed E-state index contributed by atoms with van der Waals surface area (Å²) >= 11 is 5.66. The van der Waals surface area contributed by atoms with E-state index in [1.807, 2.05) is 27.7 Å². The number of halogens is 1. The maximum Gasteiger partial charge on any atom is 0.0474 e. The van der Waals surface area contributed by atoms with Crippen LogP contribution in [0.3, 0.4) is 0 Å². The molecule has 0 amide bonds. The fraction of sp³-hybridized carbons (Fsp3) is 0.571. The van der Waals surface area contributed by atoms with Gasteiger partial charge in [-0.1, -0.05) is 65.8 Å². The van der Waals surface area contributed by atoms with Crippen molar-refractivity contribution >= 4 is 11.6 Å². The maximum absolute atomic E-state index is 5.66. The van der Waals surface area contributed by atoms with Crippen molar-refractivity contribution in [3.63, 3.8) is 0 Å². The van der Waals surface area contributed by atoms with Gasteiger partial charge in [0.05, 0.1) is 0 Å². The van der Waals surface area contributed by atoms with E-state index in [0.29, 0.717) is 11.8 Å². The molecule has 0 spiro atoms. The molecule has 0 saturated heterocycles. The number of hydrogen-bond donors (Lipinski definition) is 0. The first kappa shape index (κ1) is 16.9. The first-order valence-electron chi connectivity index (χ1n) is 5.89. The molecule has 1 heteroatoms. The van der Waals surface area contributed by atoms with Gasteiger partial charge >= 0.3 is 0 Å². The Morgan fingerprint density at radius 2 is 1.33 bits per heavy atom. The average Bonchev–Trinajstić information content (AvgIpc) is 2.34. The summed E-state index contributed by atoms with van der Waals surface area (Å²) in [6.07, 6.45) is 0. The summed E-state index contributed by atoms with van der Waals surface area (Å²) in [5.74, 6) is 1.22. The third kappa shape index (κ3) is 7.44. The minimum Gasteiger partial charge on any atom is -0.122 e. The molecule has 15 heavy (non-hydrogen) atoms. The van der Waals surface area contributed by atoms with Gasteiger partial charge in [-0.2, -0.15) is 0 Å². The molecule has 0 fully saturated rings. The monoisotopic (exact) mass is 228 g/mol. The Morgan fingerprint density at radius 3 is 1.60 bits per heavy atom. The summed E-state index contributed by atoms with van der Waals surface area (Å²) in [5, 5.41) is 0. The predicted octanol–water partition coefficient (Wildman–Crippen LogP) is 5.60. The van der Waals surface area contributed by atoms with Gasteiger partial charge in [0.25, 0.3) is 0 Å². The second-order valence-electron chi connectivity index (χ2n) is 3.03. The molecule has 1 aromatic rings. The van der Waals surface area contributed by atoms with Crippen LogP contribution in [0.25, 0.3) is 0 Å². The third-order valence-corrected chi connectivity index (χ3v) is 2.11. The molecule has 0 aliphatic carbocycles. The maximum atomic E-state index is 5.66. The van der Waals surface area contributed by atoms with Crippen LogP contribution < -0.4 is 0 Å². The molecule has 0 radical (unpaired) electrons. The summed E-state index contributed by atoms with van der Waals surface area (Å²) in [7, 11) is 0. The Morgan fingerprint density at radius 1 is 0.933 bits per heavy atom. The molecule has 1 rings (SSSR count). The van der Waals surface area contributed by atoms with E-state index in [1.165, 1.54) is 11.1 Å². The van der Waals surface area contributed by atoms with E-state index in [2.05, 4.69) is 38.1 Å². The quantitative estimate of drug-likeness (QED) is 0.578. The van der Waals surface area contributed by atoms with Crippen LogP contribution in [0, 0.1) is 0 Å². The Labute approximate surface area is 101 Å². The SMILES string of the molecule is CC.CC.CC(C)c1ccc(CCl)cc1. The minimum atomic E-state index is 0.609. The summed E-state index contributed by atoms with van der Waals surface area (Å²) in [6, 6.07) is 8.45. The van der Waals surface area contributed by atoms with Crippen LogP contribution in [0.2, 0.25) is 0 Å². The number of rotatable bonds is 2. The molecular formula is C14H25Cl. The normalized spacial score (nSPS) is 8.53. The van der Waals surface area contributed by atoms with Crippen LogP contribution in [-0.4, -0.2) is 0 Å². The van der Waals surface area contributed by atoms with Gasteiger partial charge in [-0.15, -0.1) is 11.6 Å². The molecule has 1 aromatic carbocycles. The van der Waals surface area contributed by atoms with Gasteiger partial charge in [0.2, 0.25) is 0 Å². The minimum absolute atomic E-state index is 0.609. The van der Waals surface area contributed by atoms with Crippen molar-refractivity contribution in [1.82, 2.24) is 0 Å². The molecule has 0 bridgehead atoms. The van der Waals surface area contributed by atoms with E-state index in [4.69, 9.17) is 11.6 Å². The van der Waals surface area contributed by atoms with Gasteiger partial charge in [0.15, 0.2) is 0 Å². The van der Waals surface area contributed by atoms with Gasteiger partial charge in [0, 0.05) is 5.88 Å². The second kappa shape index (κ2) is 11.6. The molecular weight excluding hydrogens is 204 g/mol. The second-order valence-corrected chi connectivity index (χ2v) is 3.30. The summed E-state index contributed by atoms with van der Waals surface area (Å²) in [5.41, 5.74) is 2.56. The van der Waals surface area contributed by atoms with E-state index in [0.717, 1.165) is 0 Å². The topological polar surface area (TPSA) is 0 Å². The zero-order valence-electron chi connectivity index (χ0n) is 11.0. The van der Waals surface area contributed by atoms with E-state index in [-0.39, 0.29) is 0 Å². The van der Waals surface area contributed by atoms with E-state index < -0.39 is 0 Å². The van der Waals surface area contributed by atoms with Crippen LogP contribution in [-0.2, 0) is 5.88 Å². The molecule has 0 heterocycles. The summed E-state index contributed by atoms with van der Waals surface area (Å²) in [4.78, 5) is 0. The van der Waals surface area contributed by atoms with Crippen LogP contribution in [0.15, 0.2) is 24.3 Å². The van der Waals surface area contributed by atoms with Crippen LogP contribution in [0.5, 0.6) is 0 Å². The number of benzene rings is 1. The standard InChI is InChI=1S/C10H13Cl.2C2H6/c1-8(2)10-5-3-9(7-11)4-6-10;2*1-2/h3-6,8H,7H2,1-2H3;2*1-2H3. The van der Waals surface area contributed by atoms with Crippen molar-refractivity contribution in [1.29, 1.82) is 0 Å². The summed E-state index contributed by atoms with van der Waals surface area (Å²) < 4.78 is 0. The van der Waals surface area contributed by atoms with Gasteiger partial charge in [0.1, 0.15) is 0 Å². The molecule has 0 nitrogen and oxygen atoms in total. The molecule has 0 N–H and O–H groups in total. The predicted molar refractivity (Wildman–Crippen MR) is 72.8 cm³/mol. The van der Waals surface area contributed by atoms with Crippen molar-refractivity contribution in [3.05, 3.63) is 35.4 Å². The fourth-order valence-corrected chi connectivity index (χ4v) is 1.17. The van der Waals surface area contributed by atoms with E-state index in [9.17, 15) is 0 Å². The average molecular weight is 229 g/mol. The lowest BCUT2D eigenvalue weighted by Gasteiger charge is -2.04. The first-order chi connectivity index (χ1) is 7.24. The van der Waals surface area contributed by atoms with Gasteiger partial charge < -0.3 is 0 Å². The molecule has 0 saturated carbocycles. The summed E-state index contributed by atoms with van der Waals surface area (Å²) in [6.45, 7) is 12.4. The highest BCUT2D eigenvalue weighted by Gasteiger charge is 1.97. The van der Waals surface area contributed by atoms with Crippen molar-refractivity contribution in [2.75, 3.05) is 0 Å². The Kier molecular flexibility index (Phi) is 13.1. The lowest BCUT2D eigenvalue weighted by molar-refractivity contribution is 0.866. The Balaban J connectivity index is 0. The van der Waals surface area contributed by atoms with Crippen molar-refractivity contribution in [3.8, 4) is 0 Å². The zero-order chi connectivity index (χ0) is 12.3. The van der Waals surface area contributed by atoms with Crippen molar-refractivity contribution in [2.45, 2.75) is 53.3 Å². The number of alkyl halides is 1. The molecule has 0 unspecified atom stereocenters. The Hall–Kier alpha value is -0.490. The highest BCUT2D eigenvalue weighted by molar-refractivity contribution is 6.17. The van der Waals surface area contributed by atoms with Crippen molar-refractivity contribution in [2.24, 2.45) is 0 Å². The van der Waals surface area contributed by atoms with Gasteiger partial charge in [-0.3, -0.25) is 0 Å².